The van der Waals surface area contributed by atoms with Crippen molar-refractivity contribution in [3.05, 3.63) is 58.7 Å². The van der Waals surface area contributed by atoms with Gasteiger partial charge in [-0.25, -0.2) is 4.39 Å². The summed E-state index contributed by atoms with van der Waals surface area (Å²) in [6.07, 6.45) is 0.325. The number of aliphatic carboxylic acids is 1. The second-order valence-corrected chi connectivity index (χ2v) is 10.8. The molecule has 1 aliphatic rings. The summed E-state index contributed by atoms with van der Waals surface area (Å²) in [4.78, 5) is 30.6. The van der Waals surface area contributed by atoms with Crippen LogP contribution in [0.2, 0.25) is 0 Å². The van der Waals surface area contributed by atoms with Gasteiger partial charge in [0.25, 0.3) is 0 Å². The molecule has 0 unspecified atom stereocenters. The van der Waals surface area contributed by atoms with E-state index in [0.717, 1.165) is 28.1 Å². The lowest BCUT2D eigenvalue weighted by atomic mass is 9.77. The second-order valence-electron chi connectivity index (χ2n) is 10.8. The topological polar surface area (TPSA) is 120 Å². The first-order chi connectivity index (χ1) is 17.8. The molecule has 38 heavy (non-hydrogen) atoms. The maximum atomic E-state index is 13.9. The van der Waals surface area contributed by atoms with Crippen LogP contribution in [0.15, 0.2) is 30.3 Å². The quantitative estimate of drug-likeness (QED) is 0.428. The molecule has 2 atom stereocenters. The molecule has 0 fully saturated rings. The van der Waals surface area contributed by atoms with Gasteiger partial charge in [-0.15, -0.1) is 0 Å². The zero-order valence-electron chi connectivity index (χ0n) is 22.6. The predicted octanol–water partition coefficient (Wildman–Crippen LogP) is 3.88. The number of aromatic nitrogens is 1. The van der Waals surface area contributed by atoms with E-state index < -0.39 is 30.0 Å². The van der Waals surface area contributed by atoms with Gasteiger partial charge in [-0.3, -0.25) is 14.6 Å². The molecular formula is C29H37FN2O6. The molecule has 0 saturated carbocycles. The zero-order chi connectivity index (χ0) is 28.2. The van der Waals surface area contributed by atoms with Crippen molar-refractivity contribution < 1.29 is 34.0 Å². The minimum atomic E-state index is -1.20. The number of carbonyl (C=O) groups is 2. The van der Waals surface area contributed by atoms with Crippen LogP contribution in [0.4, 0.5) is 4.39 Å². The zero-order valence-corrected chi connectivity index (χ0v) is 22.6. The third-order valence-corrected chi connectivity index (χ3v) is 6.65. The number of carbonyl (C=O) groups excluding carboxylic acids is 1. The fourth-order valence-corrected chi connectivity index (χ4v) is 4.97. The summed E-state index contributed by atoms with van der Waals surface area (Å²) in [5.74, 6) is -1.68. The van der Waals surface area contributed by atoms with Crippen molar-refractivity contribution in [3.63, 3.8) is 0 Å². The first-order valence-electron chi connectivity index (χ1n) is 12.7. The van der Waals surface area contributed by atoms with Crippen molar-refractivity contribution >= 4 is 18.0 Å². The summed E-state index contributed by atoms with van der Waals surface area (Å²) >= 11 is 0. The summed E-state index contributed by atoms with van der Waals surface area (Å²) in [6.45, 7) is 8.80. The highest BCUT2D eigenvalue weighted by Gasteiger charge is 2.38. The van der Waals surface area contributed by atoms with E-state index in [2.05, 4.69) is 0 Å². The van der Waals surface area contributed by atoms with Crippen molar-refractivity contribution in [3.8, 4) is 11.1 Å². The average Bonchev–Trinajstić information content (AvgIpc) is 2.81. The highest BCUT2D eigenvalue weighted by Crippen LogP contribution is 2.42. The molecule has 206 valence electrons. The molecule has 2 heterocycles. The molecule has 1 amide bonds. The van der Waals surface area contributed by atoms with Gasteiger partial charge in [-0.1, -0.05) is 52.0 Å². The van der Waals surface area contributed by atoms with Gasteiger partial charge in [0.15, 0.2) is 0 Å². The molecule has 9 heteroatoms. The predicted molar refractivity (Wildman–Crippen MR) is 142 cm³/mol. The Morgan fingerprint density at radius 3 is 2.45 bits per heavy atom. The Labute approximate surface area is 222 Å². The Hall–Kier alpha value is -3.14. The summed E-state index contributed by atoms with van der Waals surface area (Å²) in [5, 5.41) is 29.4. The van der Waals surface area contributed by atoms with E-state index >= 15 is 0 Å². The highest BCUT2D eigenvalue weighted by atomic mass is 19.1. The first-order valence-corrected chi connectivity index (χ1v) is 12.7. The molecule has 1 aromatic carbocycles. The van der Waals surface area contributed by atoms with E-state index in [-0.39, 0.29) is 30.7 Å². The van der Waals surface area contributed by atoms with Crippen LogP contribution < -0.4 is 0 Å². The number of halogens is 1. The van der Waals surface area contributed by atoms with Crippen molar-refractivity contribution in [2.24, 2.45) is 0 Å². The number of hydrogen-bond acceptors (Lipinski definition) is 6. The number of pyridine rings is 1. The number of benzene rings is 1. The van der Waals surface area contributed by atoms with Crippen LogP contribution in [0, 0.1) is 5.82 Å². The van der Waals surface area contributed by atoms with Gasteiger partial charge in [-0.2, -0.15) is 0 Å². The molecule has 0 radical (unpaired) electrons. The van der Waals surface area contributed by atoms with Gasteiger partial charge < -0.3 is 25.0 Å². The lowest BCUT2D eigenvalue weighted by Gasteiger charge is -2.41. The fourth-order valence-electron chi connectivity index (χ4n) is 4.97. The van der Waals surface area contributed by atoms with Crippen molar-refractivity contribution in [2.75, 3.05) is 20.3 Å². The van der Waals surface area contributed by atoms with Gasteiger partial charge in [0.1, 0.15) is 12.4 Å². The molecule has 1 aliphatic heterocycles. The molecule has 8 nitrogen and oxygen atoms in total. The molecule has 1 aromatic heterocycles. The Morgan fingerprint density at radius 1 is 1.21 bits per heavy atom. The normalized spacial score (nSPS) is 16.5. The monoisotopic (exact) mass is 528 g/mol. The maximum absolute atomic E-state index is 13.9. The molecular weight excluding hydrogens is 491 g/mol. The average molecular weight is 529 g/mol. The molecule has 0 spiro atoms. The Bertz CT molecular complexity index is 1190. The number of methoxy groups -OCH3 is 1. The number of amides is 1. The fraction of sp³-hybridized carbons (Fsp3) is 0.483. The van der Waals surface area contributed by atoms with Crippen molar-refractivity contribution in [1.29, 1.82) is 0 Å². The van der Waals surface area contributed by atoms with Gasteiger partial charge in [0, 0.05) is 43.2 Å². The van der Waals surface area contributed by atoms with Crippen LogP contribution in [0.3, 0.4) is 0 Å². The van der Waals surface area contributed by atoms with E-state index in [4.69, 9.17) is 14.8 Å². The van der Waals surface area contributed by atoms with Gasteiger partial charge in [0.2, 0.25) is 5.91 Å². The number of carboxylic acid groups (broad SMARTS) is 1. The standard InChI is InChI=1S/C29H37FN2O6/c1-17(2)27-22(11-10-20(33)12-21(34)13-25(36)37)26(18-6-8-19(30)9-7-18)23-14-32(24(35)15-38-5)16-29(3,4)28(23)31-27/h6-11,17,20-21,33-34H,12-16H2,1-5H3,(H,36,37)/t20-,21-/m1/s1. The third-order valence-electron chi connectivity index (χ3n) is 6.65. The van der Waals surface area contributed by atoms with Crippen LogP contribution in [0.1, 0.15) is 69.0 Å². The molecule has 3 rings (SSSR count). The van der Waals surface area contributed by atoms with E-state index in [1.165, 1.54) is 25.3 Å². The number of aliphatic hydroxyl groups excluding tert-OH is 2. The molecule has 0 bridgehead atoms. The number of ether oxygens (including phenoxy) is 1. The van der Waals surface area contributed by atoms with E-state index in [1.807, 2.05) is 27.7 Å². The number of aliphatic hydroxyl groups is 2. The highest BCUT2D eigenvalue weighted by molar-refractivity contribution is 5.83. The van der Waals surface area contributed by atoms with Crippen LogP contribution in [-0.2, 0) is 26.3 Å². The SMILES string of the molecule is COCC(=O)N1Cc2c(nc(C(C)C)c(C=C[C@@H](O)C[C@@H](O)CC(=O)O)c2-c2ccc(F)cc2)C(C)(C)C1. The summed E-state index contributed by atoms with van der Waals surface area (Å²) < 4.78 is 19.0. The third kappa shape index (κ3) is 6.83. The number of fused-ring (bicyclic) bond motifs is 1. The number of hydrogen-bond donors (Lipinski definition) is 3. The lowest BCUT2D eigenvalue weighted by Crippen LogP contribution is -2.47. The number of rotatable bonds is 10. The van der Waals surface area contributed by atoms with E-state index in [0.29, 0.717) is 18.7 Å². The molecule has 0 saturated heterocycles. The van der Waals surface area contributed by atoms with Crippen LogP contribution >= 0.6 is 0 Å². The largest absolute Gasteiger partial charge is 0.481 e. The second kappa shape index (κ2) is 12.1. The summed E-state index contributed by atoms with van der Waals surface area (Å²) in [7, 11) is 1.48. The van der Waals surface area contributed by atoms with Crippen molar-refractivity contribution in [1.82, 2.24) is 9.88 Å². The molecule has 0 aliphatic carbocycles. The van der Waals surface area contributed by atoms with Crippen LogP contribution in [0.25, 0.3) is 17.2 Å². The number of nitrogens with zero attached hydrogens (tertiary/aromatic N) is 2. The lowest BCUT2D eigenvalue weighted by molar-refractivity contribution is -0.139. The van der Waals surface area contributed by atoms with Crippen LogP contribution in [0.5, 0.6) is 0 Å². The Kier molecular flexibility index (Phi) is 9.40. The van der Waals surface area contributed by atoms with Crippen molar-refractivity contribution in [2.45, 2.75) is 70.6 Å². The minimum Gasteiger partial charge on any atom is -0.481 e. The Morgan fingerprint density at radius 2 is 1.87 bits per heavy atom. The Balaban J connectivity index is 2.22. The maximum Gasteiger partial charge on any atom is 0.305 e. The minimum absolute atomic E-state index is 0.00200. The summed E-state index contributed by atoms with van der Waals surface area (Å²) in [6, 6.07) is 6.12. The number of carboxylic acids is 1. The van der Waals surface area contributed by atoms with E-state index in [1.54, 1.807) is 23.1 Å². The molecule has 3 N–H and O–H groups in total. The summed E-state index contributed by atoms with van der Waals surface area (Å²) in [5.41, 5.74) is 4.24. The smallest absolute Gasteiger partial charge is 0.305 e. The van der Waals surface area contributed by atoms with E-state index in [9.17, 15) is 24.2 Å². The van der Waals surface area contributed by atoms with Gasteiger partial charge >= 0.3 is 5.97 Å². The van der Waals surface area contributed by atoms with Gasteiger partial charge in [0.05, 0.1) is 30.0 Å². The first kappa shape index (κ1) is 29.4. The van der Waals surface area contributed by atoms with Gasteiger partial charge in [-0.05, 0) is 29.2 Å². The van der Waals surface area contributed by atoms with Crippen LogP contribution in [-0.4, -0.2) is 69.5 Å². The molecule has 2 aromatic rings.